The van der Waals surface area contributed by atoms with Gasteiger partial charge in [-0.3, -0.25) is 0 Å². The molecule has 0 spiro atoms. The van der Waals surface area contributed by atoms with Crippen LogP contribution in [0.15, 0.2) is 28.9 Å². The van der Waals surface area contributed by atoms with Crippen molar-refractivity contribution >= 4 is 35.2 Å². The predicted molar refractivity (Wildman–Crippen MR) is 88.0 cm³/mol. The van der Waals surface area contributed by atoms with Crippen molar-refractivity contribution in [1.82, 2.24) is 4.98 Å². The van der Waals surface area contributed by atoms with E-state index in [-0.39, 0.29) is 5.04 Å². The molecule has 2 rings (SSSR count). The number of rotatable bonds is 3. The van der Waals surface area contributed by atoms with Gasteiger partial charge in [0.05, 0.1) is 12.1 Å². The third-order valence-electron chi connectivity index (χ3n) is 4.15. The van der Waals surface area contributed by atoms with Gasteiger partial charge in [-0.05, 0) is 30.3 Å². The zero-order chi connectivity index (χ0) is 14.3. The first-order valence-corrected chi connectivity index (χ1v) is 10.3. The van der Waals surface area contributed by atoms with Crippen LogP contribution in [-0.2, 0) is 11.0 Å². The van der Waals surface area contributed by atoms with Crippen molar-refractivity contribution in [3.05, 3.63) is 34.4 Å². The number of hydrogen-bond acceptors (Lipinski definition) is 1. The van der Waals surface area contributed by atoms with Gasteiger partial charge in [-0.2, -0.15) is 0 Å². The van der Waals surface area contributed by atoms with Gasteiger partial charge in [0.1, 0.15) is 0 Å². The molecule has 0 unspecified atom stereocenters. The van der Waals surface area contributed by atoms with E-state index in [1.807, 2.05) is 6.20 Å². The number of benzene rings is 1. The highest BCUT2D eigenvalue weighted by molar-refractivity contribution is 9.10. The monoisotopic (exact) mass is 339 g/mol. The summed E-state index contributed by atoms with van der Waals surface area (Å²) in [6.07, 6.45) is 1.98. The Hall–Kier alpha value is -0.583. The van der Waals surface area contributed by atoms with Crippen molar-refractivity contribution in [2.75, 3.05) is 0 Å². The summed E-state index contributed by atoms with van der Waals surface area (Å²) in [6, 6.07) is 6.33. The van der Waals surface area contributed by atoms with E-state index < -0.39 is 8.32 Å². The van der Waals surface area contributed by atoms with Gasteiger partial charge in [-0.15, -0.1) is 0 Å². The molecule has 104 valence electrons. The van der Waals surface area contributed by atoms with Crippen LogP contribution in [0.3, 0.4) is 0 Å². The zero-order valence-electron chi connectivity index (χ0n) is 12.3. The Morgan fingerprint density at radius 2 is 1.89 bits per heavy atom. The van der Waals surface area contributed by atoms with Gasteiger partial charge in [-0.1, -0.05) is 42.8 Å². The third-order valence-corrected chi connectivity index (χ3v) is 9.32. The maximum Gasteiger partial charge on any atom is 0.192 e. The average Bonchev–Trinajstić information content (AvgIpc) is 2.76. The Morgan fingerprint density at radius 3 is 2.53 bits per heavy atom. The first-order valence-electron chi connectivity index (χ1n) is 6.61. The van der Waals surface area contributed by atoms with Gasteiger partial charge in [0.2, 0.25) is 0 Å². The summed E-state index contributed by atoms with van der Waals surface area (Å²) < 4.78 is 7.43. The minimum absolute atomic E-state index is 0.247. The van der Waals surface area contributed by atoms with E-state index in [9.17, 15) is 0 Å². The maximum absolute atomic E-state index is 6.30. The Kier molecular flexibility index (Phi) is 3.96. The van der Waals surface area contributed by atoms with E-state index in [0.29, 0.717) is 6.61 Å². The number of aromatic nitrogens is 1. The summed E-state index contributed by atoms with van der Waals surface area (Å²) >= 11 is 3.58. The molecular weight excluding hydrogens is 318 g/mol. The summed E-state index contributed by atoms with van der Waals surface area (Å²) in [5.74, 6) is 0. The molecule has 0 aliphatic rings. The van der Waals surface area contributed by atoms with E-state index >= 15 is 0 Å². The molecule has 2 nitrogen and oxygen atoms in total. The fraction of sp³-hybridized carbons (Fsp3) is 0.467. The highest BCUT2D eigenvalue weighted by Crippen LogP contribution is 2.37. The topological polar surface area (TPSA) is 25.0 Å². The van der Waals surface area contributed by atoms with Gasteiger partial charge in [0.25, 0.3) is 0 Å². The molecule has 0 fully saturated rings. The number of aromatic amines is 1. The molecule has 1 N–H and O–H groups in total. The van der Waals surface area contributed by atoms with Crippen molar-refractivity contribution in [1.29, 1.82) is 0 Å². The summed E-state index contributed by atoms with van der Waals surface area (Å²) in [4.78, 5) is 3.31. The van der Waals surface area contributed by atoms with Crippen molar-refractivity contribution in [3.63, 3.8) is 0 Å². The SMILES string of the molecule is CC(C)(C)[Si](C)(C)OCc1ccc(Br)c2cc[nH]c12. The number of halogens is 1. The predicted octanol–water partition coefficient (Wildman–Crippen LogP) is 5.45. The highest BCUT2D eigenvalue weighted by atomic mass is 79.9. The maximum atomic E-state index is 6.30. The molecule has 1 heterocycles. The molecule has 0 radical (unpaired) electrons. The Bertz CT molecular complexity index is 583. The second kappa shape index (κ2) is 5.07. The molecule has 1 aromatic heterocycles. The Balaban J connectivity index is 2.24. The van der Waals surface area contributed by atoms with E-state index in [1.54, 1.807) is 0 Å². The second-order valence-corrected chi connectivity index (χ2v) is 12.2. The van der Waals surface area contributed by atoms with Crippen LogP contribution in [0.4, 0.5) is 0 Å². The van der Waals surface area contributed by atoms with Crippen LogP contribution in [0, 0.1) is 0 Å². The number of fused-ring (bicyclic) bond motifs is 1. The van der Waals surface area contributed by atoms with Gasteiger partial charge >= 0.3 is 0 Å². The molecule has 0 saturated heterocycles. The smallest absolute Gasteiger partial charge is 0.192 e. The van der Waals surface area contributed by atoms with Crippen LogP contribution >= 0.6 is 15.9 Å². The second-order valence-electron chi connectivity index (χ2n) is 6.52. The van der Waals surface area contributed by atoms with Crippen LogP contribution in [0.2, 0.25) is 18.1 Å². The zero-order valence-corrected chi connectivity index (χ0v) is 14.9. The van der Waals surface area contributed by atoms with Gasteiger partial charge in [-0.25, -0.2) is 0 Å². The molecule has 0 aliphatic carbocycles. The van der Waals surface area contributed by atoms with Crippen LogP contribution in [0.5, 0.6) is 0 Å². The first kappa shape index (κ1) is 14.8. The number of nitrogens with one attached hydrogen (secondary N) is 1. The largest absolute Gasteiger partial charge is 0.412 e. The molecule has 0 saturated carbocycles. The van der Waals surface area contributed by atoms with E-state index in [0.717, 1.165) is 4.47 Å². The van der Waals surface area contributed by atoms with Gasteiger partial charge in [0, 0.05) is 21.6 Å². The van der Waals surface area contributed by atoms with E-state index in [2.05, 4.69) is 73.0 Å². The van der Waals surface area contributed by atoms with Crippen LogP contribution in [-0.4, -0.2) is 13.3 Å². The Labute approximate surface area is 124 Å². The minimum Gasteiger partial charge on any atom is -0.412 e. The summed E-state index contributed by atoms with van der Waals surface area (Å²) in [6.45, 7) is 12.1. The fourth-order valence-electron chi connectivity index (χ4n) is 1.78. The molecule has 0 atom stereocenters. The highest BCUT2D eigenvalue weighted by Gasteiger charge is 2.37. The quantitative estimate of drug-likeness (QED) is 0.738. The van der Waals surface area contributed by atoms with Gasteiger partial charge < -0.3 is 9.41 Å². The lowest BCUT2D eigenvalue weighted by Gasteiger charge is -2.36. The van der Waals surface area contributed by atoms with Crippen molar-refractivity contribution in [2.45, 2.75) is 45.5 Å². The van der Waals surface area contributed by atoms with Crippen LogP contribution in [0.1, 0.15) is 26.3 Å². The van der Waals surface area contributed by atoms with Crippen molar-refractivity contribution in [3.8, 4) is 0 Å². The number of H-pyrrole nitrogens is 1. The number of hydrogen-bond donors (Lipinski definition) is 1. The molecule has 19 heavy (non-hydrogen) atoms. The molecule has 4 heteroatoms. The Morgan fingerprint density at radius 1 is 1.21 bits per heavy atom. The first-order chi connectivity index (χ1) is 8.72. The molecule has 0 amide bonds. The van der Waals surface area contributed by atoms with E-state index in [1.165, 1.54) is 16.5 Å². The third kappa shape index (κ3) is 2.96. The fourth-order valence-corrected chi connectivity index (χ4v) is 3.19. The van der Waals surface area contributed by atoms with Crippen LogP contribution in [0.25, 0.3) is 10.9 Å². The van der Waals surface area contributed by atoms with Crippen molar-refractivity contribution < 1.29 is 4.43 Å². The van der Waals surface area contributed by atoms with Gasteiger partial charge in [0.15, 0.2) is 8.32 Å². The van der Waals surface area contributed by atoms with Crippen LogP contribution < -0.4 is 0 Å². The van der Waals surface area contributed by atoms with Crippen molar-refractivity contribution in [2.24, 2.45) is 0 Å². The molecule has 0 bridgehead atoms. The summed E-state index contributed by atoms with van der Waals surface area (Å²) in [7, 11) is -1.69. The molecule has 1 aromatic carbocycles. The molecular formula is C15H22BrNOSi. The normalized spacial score (nSPS) is 13.2. The lowest BCUT2D eigenvalue weighted by molar-refractivity contribution is 0.277. The standard InChI is InChI=1S/C15H22BrNOSi/c1-15(2,3)19(4,5)18-10-11-6-7-13(16)12-8-9-17-14(11)12/h6-9,17H,10H2,1-5H3. The summed E-state index contributed by atoms with van der Waals surface area (Å²) in [5, 5.41) is 1.47. The lowest BCUT2D eigenvalue weighted by atomic mass is 10.1. The average molecular weight is 340 g/mol. The lowest BCUT2D eigenvalue weighted by Crippen LogP contribution is -2.40. The molecule has 2 aromatic rings. The minimum atomic E-state index is -1.69. The molecule has 0 aliphatic heterocycles. The van der Waals surface area contributed by atoms with E-state index in [4.69, 9.17) is 4.43 Å². The summed E-state index contributed by atoms with van der Waals surface area (Å²) in [5.41, 5.74) is 2.40.